The van der Waals surface area contributed by atoms with E-state index in [9.17, 15) is 18.0 Å². The summed E-state index contributed by atoms with van der Waals surface area (Å²) in [6.07, 6.45) is -2.23. The predicted octanol–water partition coefficient (Wildman–Crippen LogP) is 3.52. The monoisotopic (exact) mass is 527 g/mol. The summed E-state index contributed by atoms with van der Waals surface area (Å²) in [5, 5.41) is 8.29. The molecule has 0 bridgehead atoms. The Morgan fingerprint density at radius 3 is 2.58 bits per heavy atom. The molecule has 38 heavy (non-hydrogen) atoms. The molecule has 0 aliphatic carbocycles. The number of amides is 1. The molecule has 198 valence electrons. The van der Waals surface area contributed by atoms with Crippen LogP contribution in [0.25, 0.3) is 22.8 Å². The van der Waals surface area contributed by atoms with Crippen molar-refractivity contribution >= 4 is 5.91 Å². The van der Waals surface area contributed by atoms with Gasteiger partial charge in [-0.1, -0.05) is 17.3 Å². The van der Waals surface area contributed by atoms with Crippen LogP contribution in [-0.4, -0.2) is 73.8 Å². The topological polar surface area (TPSA) is 102 Å². The standard InChI is InChI=1S/C25H24F3N7O3/c1-33-8-10-35(11-9-33)24(36)17-5-3-4-16(12-17)22-31-23(38-32-22)19-14-30-34(2)20(19)15-37-21-7-6-18(13-29-21)25(26,27)28/h3-7,12-14H,8-11,15H2,1-2H3. The minimum Gasteiger partial charge on any atom is -0.471 e. The maximum Gasteiger partial charge on any atom is 0.417 e. The molecule has 13 heteroatoms. The highest BCUT2D eigenvalue weighted by atomic mass is 19.4. The van der Waals surface area contributed by atoms with Crippen LogP contribution in [-0.2, 0) is 19.8 Å². The van der Waals surface area contributed by atoms with Crippen molar-refractivity contribution in [2.45, 2.75) is 12.8 Å². The fraction of sp³-hybridized carbons (Fsp3) is 0.320. The first-order valence-electron chi connectivity index (χ1n) is 11.8. The Kier molecular flexibility index (Phi) is 6.85. The van der Waals surface area contributed by atoms with Crippen LogP contribution in [0.15, 0.2) is 53.3 Å². The van der Waals surface area contributed by atoms with Gasteiger partial charge in [0, 0.05) is 56.6 Å². The van der Waals surface area contributed by atoms with Crippen LogP contribution < -0.4 is 4.74 Å². The van der Waals surface area contributed by atoms with Gasteiger partial charge < -0.3 is 19.1 Å². The molecular formula is C25H24F3N7O3. The lowest BCUT2D eigenvalue weighted by atomic mass is 10.1. The van der Waals surface area contributed by atoms with Gasteiger partial charge in [0.15, 0.2) is 0 Å². The Bertz CT molecular complexity index is 1420. The number of halogens is 3. The number of piperazine rings is 1. The molecule has 4 heterocycles. The van der Waals surface area contributed by atoms with Crippen LogP contribution in [0, 0.1) is 0 Å². The van der Waals surface area contributed by atoms with Crippen molar-refractivity contribution in [2.75, 3.05) is 33.2 Å². The minimum absolute atomic E-state index is 0.0261. The highest BCUT2D eigenvalue weighted by molar-refractivity contribution is 5.95. The van der Waals surface area contributed by atoms with Crippen molar-refractivity contribution < 1.29 is 27.2 Å². The van der Waals surface area contributed by atoms with Crippen molar-refractivity contribution in [1.29, 1.82) is 0 Å². The van der Waals surface area contributed by atoms with Crippen LogP contribution in [0.3, 0.4) is 0 Å². The summed E-state index contributed by atoms with van der Waals surface area (Å²) in [4.78, 5) is 25.2. The van der Waals surface area contributed by atoms with Gasteiger partial charge in [0.05, 0.1) is 23.0 Å². The Morgan fingerprint density at radius 2 is 1.87 bits per heavy atom. The van der Waals surface area contributed by atoms with Gasteiger partial charge in [-0.15, -0.1) is 0 Å². The largest absolute Gasteiger partial charge is 0.471 e. The van der Waals surface area contributed by atoms with Crippen LogP contribution in [0.2, 0.25) is 0 Å². The predicted molar refractivity (Wildman–Crippen MR) is 129 cm³/mol. The summed E-state index contributed by atoms with van der Waals surface area (Å²) < 4.78 is 50.9. The molecule has 0 radical (unpaired) electrons. The number of pyridine rings is 1. The minimum atomic E-state index is -4.48. The molecule has 1 aromatic carbocycles. The number of carbonyl (C=O) groups excluding carboxylic acids is 1. The van der Waals surface area contributed by atoms with Gasteiger partial charge in [-0.25, -0.2) is 4.98 Å². The van der Waals surface area contributed by atoms with E-state index in [0.717, 1.165) is 25.2 Å². The van der Waals surface area contributed by atoms with Crippen LogP contribution in [0.4, 0.5) is 13.2 Å². The summed E-state index contributed by atoms with van der Waals surface area (Å²) >= 11 is 0. The molecule has 4 aromatic rings. The third kappa shape index (κ3) is 5.37. The fourth-order valence-corrected chi connectivity index (χ4v) is 4.02. The van der Waals surface area contributed by atoms with Crippen LogP contribution >= 0.6 is 0 Å². The van der Waals surface area contributed by atoms with E-state index in [1.165, 1.54) is 6.20 Å². The first-order chi connectivity index (χ1) is 18.2. The smallest absolute Gasteiger partial charge is 0.417 e. The van der Waals surface area contributed by atoms with Crippen molar-refractivity contribution in [2.24, 2.45) is 7.05 Å². The van der Waals surface area contributed by atoms with E-state index in [-0.39, 0.29) is 24.3 Å². The van der Waals surface area contributed by atoms with Gasteiger partial charge in [0.2, 0.25) is 11.7 Å². The molecular weight excluding hydrogens is 503 g/mol. The Morgan fingerprint density at radius 1 is 1.08 bits per heavy atom. The van der Waals surface area contributed by atoms with E-state index >= 15 is 0 Å². The van der Waals surface area contributed by atoms with Crippen LogP contribution in [0.5, 0.6) is 5.88 Å². The first kappa shape index (κ1) is 25.4. The maximum absolute atomic E-state index is 13.0. The third-order valence-corrected chi connectivity index (χ3v) is 6.30. The molecule has 0 N–H and O–H groups in total. The Hall–Kier alpha value is -4.26. The van der Waals surface area contributed by atoms with E-state index in [0.29, 0.717) is 47.5 Å². The van der Waals surface area contributed by atoms with E-state index in [2.05, 4.69) is 25.1 Å². The van der Waals surface area contributed by atoms with Gasteiger partial charge in [-0.3, -0.25) is 9.48 Å². The molecule has 0 saturated carbocycles. The molecule has 1 aliphatic rings. The number of rotatable bonds is 6. The van der Waals surface area contributed by atoms with Gasteiger partial charge >= 0.3 is 6.18 Å². The number of hydrogen-bond acceptors (Lipinski definition) is 8. The zero-order valence-corrected chi connectivity index (χ0v) is 20.6. The summed E-state index contributed by atoms with van der Waals surface area (Å²) in [5.41, 5.74) is 1.36. The van der Waals surface area contributed by atoms with Crippen molar-refractivity contribution in [3.05, 3.63) is 65.6 Å². The number of benzene rings is 1. The number of alkyl halides is 3. The molecule has 1 fully saturated rings. The second-order valence-electron chi connectivity index (χ2n) is 8.90. The number of nitrogens with zero attached hydrogens (tertiary/aromatic N) is 7. The molecule has 1 amide bonds. The molecule has 0 atom stereocenters. The molecule has 0 unspecified atom stereocenters. The van der Waals surface area contributed by atoms with E-state index in [4.69, 9.17) is 9.26 Å². The second kappa shape index (κ2) is 10.2. The lowest BCUT2D eigenvalue weighted by molar-refractivity contribution is -0.137. The highest BCUT2D eigenvalue weighted by Gasteiger charge is 2.31. The lowest BCUT2D eigenvalue weighted by Gasteiger charge is -2.32. The average molecular weight is 528 g/mol. The SMILES string of the molecule is CN1CCN(C(=O)c2cccc(-c3noc(-c4cnn(C)c4COc4ccc(C(F)(F)F)cn4)n3)c2)CC1. The number of likely N-dealkylation sites (N-methyl/N-ethyl adjacent to an activating group) is 1. The Balaban J connectivity index is 1.31. The molecule has 0 spiro atoms. The highest BCUT2D eigenvalue weighted by Crippen LogP contribution is 2.30. The molecule has 1 aliphatic heterocycles. The van der Waals surface area contributed by atoms with Crippen molar-refractivity contribution in [3.8, 4) is 28.7 Å². The van der Waals surface area contributed by atoms with Crippen molar-refractivity contribution in [3.63, 3.8) is 0 Å². The first-order valence-corrected chi connectivity index (χ1v) is 11.8. The summed E-state index contributed by atoms with van der Waals surface area (Å²) in [6, 6.07) is 9.11. The Labute approximate surface area is 215 Å². The normalized spacial score (nSPS) is 14.6. The summed E-state index contributed by atoms with van der Waals surface area (Å²) in [5.74, 6) is 0.460. The van der Waals surface area contributed by atoms with E-state index < -0.39 is 11.7 Å². The van der Waals surface area contributed by atoms with Gasteiger partial charge in [0.1, 0.15) is 6.61 Å². The van der Waals surface area contributed by atoms with Gasteiger partial charge in [0.25, 0.3) is 11.8 Å². The van der Waals surface area contributed by atoms with Gasteiger partial charge in [-0.2, -0.15) is 23.3 Å². The number of aryl methyl sites for hydroxylation is 1. The van der Waals surface area contributed by atoms with Crippen molar-refractivity contribution in [1.82, 2.24) is 34.7 Å². The quantitative estimate of drug-likeness (QED) is 0.376. The number of ether oxygens (including phenoxy) is 1. The molecule has 1 saturated heterocycles. The fourth-order valence-electron chi connectivity index (χ4n) is 4.02. The summed E-state index contributed by atoms with van der Waals surface area (Å²) in [6.45, 7) is 2.94. The molecule has 3 aromatic heterocycles. The zero-order valence-electron chi connectivity index (χ0n) is 20.6. The molecule has 5 rings (SSSR count). The third-order valence-electron chi connectivity index (χ3n) is 6.30. The van der Waals surface area contributed by atoms with E-state index in [1.807, 2.05) is 11.9 Å². The summed E-state index contributed by atoms with van der Waals surface area (Å²) in [7, 11) is 3.72. The number of hydrogen-bond donors (Lipinski definition) is 0. The zero-order chi connectivity index (χ0) is 26.9. The maximum atomic E-state index is 13.0. The molecule has 10 nitrogen and oxygen atoms in total. The van der Waals surface area contributed by atoms with Crippen LogP contribution in [0.1, 0.15) is 21.6 Å². The average Bonchev–Trinajstić information content (AvgIpc) is 3.54. The second-order valence-corrected chi connectivity index (χ2v) is 8.90. The number of carbonyl (C=O) groups is 1. The lowest BCUT2D eigenvalue weighted by Crippen LogP contribution is -2.47. The van der Waals surface area contributed by atoms with E-state index in [1.54, 1.807) is 36.0 Å². The number of aromatic nitrogens is 5. The van der Waals surface area contributed by atoms with Gasteiger partial charge in [-0.05, 0) is 25.2 Å².